The zero-order chi connectivity index (χ0) is 14.6. The number of aromatic nitrogens is 2. The maximum absolute atomic E-state index is 4.43. The first kappa shape index (κ1) is 15.5. The summed E-state index contributed by atoms with van der Waals surface area (Å²) in [5.74, 6) is 0.840. The number of guanidine groups is 1. The minimum Gasteiger partial charge on any atom is -0.356 e. The third-order valence-corrected chi connectivity index (χ3v) is 3.04. The second-order valence-corrected chi connectivity index (χ2v) is 5.90. The van der Waals surface area contributed by atoms with Gasteiger partial charge < -0.3 is 10.6 Å². The van der Waals surface area contributed by atoms with E-state index in [2.05, 4.69) is 55.3 Å². The van der Waals surface area contributed by atoms with Crippen molar-refractivity contribution in [2.45, 2.75) is 46.6 Å². The molecule has 0 unspecified atom stereocenters. The lowest BCUT2D eigenvalue weighted by molar-refractivity contribution is 0.501. The van der Waals surface area contributed by atoms with Crippen LogP contribution >= 0.6 is 0 Å². The topological polar surface area (TPSA) is 54.2 Å². The molecule has 0 aliphatic carbocycles. The van der Waals surface area contributed by atoms with Crippen molar-refractivity contribution in [3.63, 3.8) is 0 Å². The van der Waals surface area contributed by atoms with Gasteiger partial charge in [-0.2, -0.15) is 5.10 Å². The van der Waals surface area contributed by atoms with Crippen molar-refractivity contribution in [2.75, 3.05) is 13.6 Å². The molecule has 0 bridgehead atoms. The van der Waals surface area contributed by atoms with Crippen molar-refractivity contribution in [2.24, 2.45) is 12.0 Å². The number of rotatable bonds is 3. The lowest BCUT2D eigenvalue weighted by atomic mass is 10.1. The third-order valence-electron chi connectivity index (χ3n) is 3.04. The molecule has 108 valence electrons. The number of hydrogen-bond donors (Lipinski definition) is 2. The summed E-state index contributed by atoms with van der Waals surface area (Å²) in [4.78, 5) is 4.23. The van der Waals surface area contributed by atoms with E-state index in [-0.39, 0.29) is 5.54 Å². The first-order chi connectivity index (χ1) is 8.74. The van der Waals surface area contributed by atoms with Gasteiger partial charge in [0.2, 0.25) is 0 Å². The molecule has 0 atom stereocenters. The molecule has 1 heterocycles. The Morgan fingerprint density at radius 1 is 1.32 bits per heavy atom. The normalized spacial score (nSPS) is 12.7. The Morgan fingerprint density at radius 2 is 1.95 bits per heavy atom. The van der Waals surface area contributed by atoms with Crippen LogP contribution in [0.15, 0.2) is 4.99 Å². The van der Waals surface area contributed by atoms with Crippen LogP contribution in [0.4, 0.5) is 0 Å². The molecule has 1 aromatic heterocycles. The van der Waals surface area contributed by atoms with Crippen molar-refractivity contribution >= 4 is 5.96 Å². The van der Waals surface area contributed by atoms with Gasteiger partial charge in [0.1, 0.15) is 0 Å². The number of aliphatic imine (C=N–C) groups is 1. The van der Waals surface area contributed by atoms with Crippen LogP contribution in [-0.4, -0.2) is 34.9 Å². The fourth-order valence-electron chi connectivity index (χ4n) is 2.02. The quantitative estimate of drug-likeness (QED) is 0.644. The zero-order valence-corrected chi connectivity index (χ0v) is 13.3. The van der Waals surface area contributed by atoms with Gasteiger partial charge in [0.15, 0.2) is 5.96 Å². The maximum Gasteiger partial charge on any atom is 0.191 e. The minimum absolute atomic E-state index is 0.0159. The van der Waals surface area contributed by atoms with Crippen molar-refractivity contribution in [1.29, 1.82) is 0 Å². The maximum atomic E-state index is 4.43. The number of hydrogen-bond acceptors (Lipinski definition) is 2. The molecule has 5 heteroatoms. The Hall–Kier alpha value is -1.52. The van der Waals surface area contributed by atoms with E-state index in [0.29, 0.717) is 0 Å². The first-order valence-electron chi connectivity index (χ1n) is 6.72. The van der Waals surface area contributed by atoms with E-state index < -0.39 is 0 Å². The SMILES string of the molecule is CN=C(NCCc1c(C)nn(C)c1C)NC(C)(C)C. The summed E-state index contributed by atoms with van der Waals surface area (Å²) in [7, 11) is 3.78. The van der Waals surface area contributed by atoms with Crippen LogP contribution in [0.5, 0.6) is 0 Å². The molecule has 0 fully saturated rings. The largest absolute Gasteiger partial charge is 0.356 e. The van der Waals surface area contributed by atoms with Crippen LogP contribution in [0, 0.1) is 13.8 Å². The predicted molar refractivity (Wildman–Crippen MR) is 80.6 cm³/mol. The van der Waals surface area contributed by atoms with Crippen LogP contribution in [0.25, 0.3) is 0 Å². The Bertz CT molecular complexity index is 451. The molecular formula is C14H27N5. The number of nitrogens with zero attached hydrogens (tertiary/aromatic N) is 3. The monoisotopic (exact) mass is 265 g/mol. The number of aryl methyl sites for hydroxylation is 2. The molecule has 2 N–H and O–H groups in total. The summed E-state index contributed by atoms with van der Waals surface area (Å²) in [6.07, 6.45) is 0.955. The Labute approximate surface area is 116 Å². The lowest BCUT2D eigenvalue weighted by Gasteiger charge is -2.23. The van der Waals surface area contributed by atoms with Crippen molar-refractivity contribution in [1.82, 2.24) is 20.4 Å². The van der Waals surface area contributed by atoms with Gasteiger partial charge in [-0.05, 0) is 46.6 Å². The van der Waals surface area contributed by atoms with E-state index >= 15 is 0 Å². The molecule has 0 saturated heterocycles. The highest BCUT2D eigenvalue weighted by Crippen LogP contribution is 2.11. The predicted octanol–water partition coefficient (Wildman–Crippen LogP) is 1.54. The second kappa shape index (κ2) is 6.08. The summed E-state index contributed by atoms with van der Waals surface area (Å²) in [6.45, 7) is 11.4. The lowest BCUT2D eigenvalue weighted by Crippen LogP contribution is -2.48. The van der Waals surface area contributed by atoms with Crippen molar-refractivity contribution < 1.29 is 0 Å². The minimum atomic E-state index is 0.0159. The summed E-state index contributed by atoms with van der Waals surface area (Å²) in [5.41, 5.74) is 3.68. The van der Waals surface area contributed by atoms with Crippen molar-refractivity contribution in [3.05, 3.63) is 17.0 Å². The van der Waals surface area contributed by atoms with E-state index in [0.717, 1.165) is 24.6 Å². The van der Waals surface area contributed by atoms with E-state index in [9.17, 15) is 0 Å². The van der Waals surface area contributed by atoms with Crippen LogP contribution in [0.1, 0.15) is 37.7 Å². The first-order valence-corrected chi connectivity index (χ1v) is 6.72. The van der Waals surface area contributed by atoms with E-state index in [1.165, 1.54) is 11.3 Å². The molecule has 0 aliphatic rings. The molecule has 1 rings (SSSR count). The molecular weight excluding hydrogens is 238 g/mol. The molecule has 0 saturated carbocycles. The summed E-state index contributed by atoms with van der Waals surface area (Å²) < 4.78 is 1.94. The molecule has 5 nitrogen and oxygen atoms in total. The fourth-order valence-corrected chi connectivity index (χ4v) is 2.02. The zero-order valence-electron chi connectivity index (χ0n) is 13.3. The van der Waals surface area contributed by atoms with E-state index in [1.807, 2.05) is 11.7 Å². The van der Waals surface area contributed by atoms with E-state index in [1.54, 1.807) is 7.05 Å². The third kappa shape index (κ3) is 4.58. The van der Waals surface area contributed by atoms with Gasteiger partial charge in [-0.1, -0.05) is 0 Å². The van der Waals surface area contributed by atoms with Gasteiger partial charge >= 0.3 is 0 Å². The highest BCUT2D eigenvalue weighted by atomic mass is 15.3. The highest BCUT2D eigenvalue weighted by molar-refractivity contribution is 5.80. The Kier molecular flexibility index (Phi) is 4.97. The number of nitrogens with one attached hydrogen (secondary N) is 2. The summed E-state index contributed by atoms with van der Waals surface area (Å²) >= 11 is 0. The summed E-state index contributed by atoms with van der Waals surface area (Å²) in [6, 6.07) is 0. The fraction of sp³-hybridized carbons (Fsp3) is 0.714. The molecule has 0 radical (unpaired) electrons. The van der Waals surface area contributed by atoms with Crippen LogP contribution in [0.2, 0.25) is 0 Å². The van der Waals surface area contributed by atoms with Crippen LogP contribution < -0.4 is 10.6 Å². The van der Waals surface area contributed by atoms with Crippen LogP contribution in [0.3, 0.4) is 0 Å². The van der Waals surface area contributed by atoms with Crippen molar-refractivity contribution in [3.8, 4) is 0 Å². The van der Waals surface area contributed by atoms with Gasteiger partial charge in [-0.25, -0.2) is 0 Å². The van der Waals surface area contributed by atoms with E-state index in [4.69, 9.17) is 0 Å². The molecule has 0 amide bonds. The molecule has 1 aromatic rings. The standard InChI is InChI=1S/C14H27N5/c1-10-12(11(2)19(7)18-10)8-9-16-13(15-6)17-14(3,4)5/h8-9H2,1-7H3,(H2,15,16,17). The smallest absolute Gasteiger partial charge is 0.191 e. The van der Waals surface area contributed by atoms with Gasteiger partial charge in [-0.15, -0.1) is 0 Å². The molecule has 0 aliphatic heterocycles. The highest BCUT2D eigenvalue weighted by Gasteiger charge is 2.12. The second-order valence-electron chi connectivity index (χ2n) is 5.90. The molecule has 0 aromatic carbocycles. The molecule has 19 heavy (non-hydrogen) atoms. The average Bonchev–Trinajstić information content (AvgIpc) is 2.52. The van der Waals surface area contributed by atoms with Crippen LogP contribution in [-0.2, 0) is 13.5 Å². The van der Waals surface area contributed by atoms with Gasteiger partial charge in [0.05, 0.1) is 5.69 Å². The average molecular weight is 265 g/mol. The Morgan fingerprint density at radius 3 is 2.37 bits per heavy atom. The summed E-state index contributed by atoms with van der Waals surface area (Å²) in [5, 5.41) is 11.1. The molecule has 0 spiro atoms. The van der Waals surface area contributed by atoms with Gasteiger partial charge in [-0.3, -0.25) is 9.67 Å². The van der Waals surface area contributed by atoms with Gasteiger partial charge in [0.25, 0.3) is 0 Å². The van der Waals surface area contributed by atoms with Gasteiger partial charge in [0, 0.05) is 31.9 Å². The Balaban J connectivity index is 2.54.